The van der Waals surface area contributed by atoms with Gasteiger partial charge in [-0.25, -0.2) is 4.39 Å². The molecule has 0 aliphatic rings. The molecule has 0 atom stereocenters. The van der Waals surface area contributed by atoms with Gasteiger partial charge in [0.15, 0.2) is 6.29 Å². The molecule has 0 saturated carbocycles. The number of fused-ring (bicyclic) bond motifs is 1. The summed E-state index contributed by atoms with van der Waals surface area (Å²) >= 11 is 0. The third-order valence-corrected chi connectivity index (χ3v) is 3.98. The Morgan fingerprint density at radius 3 is 2.75 bits per heavy atom. The van der Waals surface area contributed by atoms with Gasteiger partial charge in [0, 0.05) is 28.4 Å². The molecule has 3 rings (SSSR count). The summed E-state index contributed by atoms with van der Waals surface area (Å²) < 4.78 is 15.0. The number of aryl methyl sites for hydroxylation is 2. The number of nitrogens with zero attached hydrogens (tertiary/aromatic N) is 1. The van der Waals surface area contributed by atoms with Crippen molar-refractivity contribution in [1.29, 1.82) is 0 Å². The molecule has 0 fully saturated rings. The normalized spacial score (nSPS) is 10.8. The molecule has 1 aromatic heterocycles. The van der Waals surface area contributed by atoms with E-state index < -0.39 is 5.82 Å². The van der Waals surface area contributed by atoms with Crippen LogP contribution in [0.25, 0.3) is 10.9 Å². The van der Waals surface area contributed by atoms with Crippen molar-refractivity contribution < 1.29 is 14.0 Å². The van der Waals surface area contributed by atoms with Crippen molar-refractivity contribution in [3.05, 3.63) is 65.1 Å². The van der Waals surface area contributed by atoms with Crippen LogP contribution < -0.4 is 5.32 Å². The number of nitrogens with one attached hydrogen (secondary N) is 1. The number of hydrogen-bond acceptors (Lipinski definition) is 2. The molecule has 3 aromatic rings. The largest absolute Gasteiger partial charge is 0.337 e. The summed E-state index contributed by atoms with van der Waals surface area (Å²) in [5, 5.41) is 3.38. The van der Waals surface area contributed by atoms with Crippen molar-refractivity contribution in [3.63, 3.8) is 0 Å². The van der Waals surface area contributed by atoms with Gasteiger partial charge in [0.25, 0.3) is 0 Å². The van der Waals surface area contributed by atoms with Gasteiger partial charge in [-0.1, -0.05) is 12.1 Å². The Hall–Kier alpha value is -2.95. The second-order valence-electron chi connectivity index (χ2n) is 5.86. The van der Waals surface area contributed by atoms with Crippen molar-refractivity contribution in [2.45, 2.75) is 20.4 Å². The lowest BCUT2D eigenvalue weighted by Gasteiger charge is -2.10. The van der Waals surface area contributed by atoms with E-state index in [0.717, 1.165) is 16.8 Å². The number of anilines is 1. The van der Waals surface area contributed by atoms with Gasteiger partial charge in [-0.15, -0.1) is 0 Å². The molecule has 1 N–H and O–H groups in total. The van der Waals surface area contributed by atoms with Crippen LogP contribution in [0.15, 0.2) is 42.6 Å². The van der Waals surface area contributed by atoms with E-state index in [4.69, 9.17) is 0 Å². The van der Waals surface area contributed by atoms with Gasteiger partial charge in [-0.3, -0.25) is 9.59 Å². The molecule has 0 spiro atoms. The van der Waals surface area contributed by atoms with E-state index in [-0.39, 0.29) is 12.5 Å². The van der Waals surface area contributed by atoms with Crippen molar-refractivity contribution in [2.24, 2.45) is 0 Å². The maximum atomic E-state index is 13.4. The highest BCUT2D eigenvalue weighted by atomic mass is 19.1. The van der Waals surface area contributed by atoms with Crippen LogP contribution in [0, 0.1) is 19.7 Å². The molecular weight excluding hydrogens is 307 g/mol. The predicted molar refractivity (Wildman–Crippen MR) is 91.8 cm³/mol. The highest BCUT2D eigenvalue weighted by Crippen LogP contribution is 2.22. The number of carbonyl (C=O) groups excluding carboxylic acids is 2. The van der Waals surface area contributed by atoms with Gasteiger partial charge in [-0.05, 0) is 49.2 Å². The third kappa shape index (κ3) is 3.06. The predicted octanol–water partition coefficient (Wildman–Crippen LogP) is 3.85. The molecule has 1 heterocycles. The lowest BCUT2D eigenvalue weighted by atomic mass is 10.1. The first kappa shape index (κ1) is 15.9. The number of benzene rings is 2. The van der Waals surface area contributed by atoms with Crippen molar-refractivity contribution >= 4 is 28.8 Å². The SMILES string of the molecule is Cc1ccc(C)c(NC(=O)Cn2cc(C=O)c3cc(F)ccc32)c1. The lowest BCUT2D eigenvalue weighted by Crippen LogP contribution is -2.18. The molecular formula is C19H17FN2O2. The molecule has 0 bridgehead atoms. The van der Waals surface area contributed by atoms with Crippen LogP contribution >= 0.6 is 0 Å². The first-order valence-electron chi connectivity index (χ1n) is 7.58. The number of rotatable bonds is 4. The van der Waals surface area contributed by atoms with E-state index in [0.29, 0.717) is 22.8 Å². The Labute approximate surface area is 138 Å². The van der Waals surface area contributed by atoms with E-state index >= 15 is 0 Å². The summed E-state index contributed by atoms with van der Waals surface area (Å²) in [4.78, 5) is 23.5. The number of amides is 1. The third-order valence-electron chi connectivity index (χ3n) is 3.98. The zero-order chi connectivity index (χ0) is 17.3. The van der Waals surface area contributed by atoms with Gasteiger partial charge in [0.1, 0.15) is 12.4 Å². The number of hydrogen-bond donors (Lipinski definition) is 1. The maximum absolute atomic E-state index is 13.4. The summed E-state index contributed by atoms with van der Waals surface area (Å²) in [6.45, 7) is 3.93. The fourth-order valence-electron chi connectivity index (χ4n) is 2.74. The zero-order valence-electron chi connectivity index (χ0n) is 13.5. The van der Waals surface area contributed by atoms with Crippen LogP contribution in [0.2, 0.25) is 0 Å². The second kappa shape index (κ2) is 6.28. The molecule has 1 amide bonds. The van der Waals surface area contributed by atoms with Crippen LogP contribution in [0.3, 0.4) is 0 Å². The average molecular weight is 324 g/mol. The topological polar surface area (TPSA) is 51.1 Å². The lowest BCUT2D eigenvalue weighted by molar-refractivity contribution is -0.116. The minimum absolute atomic E-state index is 0.0450. The van der Waals surface area contributed by atoms with Crippen LogP contribution in [0.5, 0.6) is 0 Å². The van der Waals surface area contributed by atoms with E-state index in [9.17, 15) is 14.0 Å². The van der Waals surface area contributed by atoms with E-state index in [2.05, 4.69) is 5.32 Å². The molecule has 0 saturated heterocycles. The molecule has 0 aliphatic heterocycles. The first-order valence-corrected chi connectivity index (χ1v) is 7.58. The number of aldehydes is 1. The summed E-state index contributed by atoms with van der Waals surface area (Å²) in [5.41, 5.74) is 3.81. The highest BCUT2D eigenvalue weighted by Gasteiger charge is 2.12. The molecule has 4 nitrogen and oxygen atoms in total. The molecule has 0 radical (unpaired) electrons. The van der Waals surface area contributed by atoms with Crippen LogP contribution in [0.1, 0.15) is 21.5 Å². The van der Waals surface area contributed by atoms with Crippen molar-refractivity contribution in [3.8, 4) is 0 Å². The average Bonchev–Trinajstić information content (AvgIpc) is 2.87. The van der Waals surface area contributed by atoms with Crippen molar-refractivity contribution in [1.82, 2.24) is 4.57 Å². The number of carbonyl (C=O) groups is 2. The minimum atomic E-state index is -0.414. The molecule has 5 heteroatoms. The maximum Gasteiger partial charge on any atom is 0.244 e. The summed E-state index contributed by atoms with van der Waals surface area (Å²) in [6.07, 6.45) is 2.24. The monoisotopic (exact) mass is 324 g/mol. The van der Waals surface area contributed by atoms with Gasteiger partial charge in [0.05, 0.1) is 0 Å². The Balaban J connectivity index is 1.88. The standard InChI is InChI=1S/C19H17FN2O2/c1-12-3-4-13(2)17(7-12)21-19(24)10-22-9-14(11-23)16-8-15(20)5-6-18(16)22/h3-9,11H,10H2,1-2H3,(H,21,24). The molecule has 0 aliphatic carbocycles. The highest BCUT2D eigenvalue weighted by molar-refractivity contribution is 5.99. The van der Waals surface area contributed by atoms with Crippen LogP contribution in [-0.4, -0.2) is 16.8 Å². The van der Waals surface area contributed by atoms with E-state index in [1.54, 1.807) is 16.8 Å². The van der Waals surface area contributed by atoms with Gasteiger partial charge < -0.3 is 9.88 Å². The summed E-state index contributed by atoms with van der Waals surface area (Å²) in [5.74, 6) is -0.620. The fraction of sp³-hybridized carbons (Fsp3) is 0.158. The molecule has 0 unspecified atom stereocenters. The second-order valence-corrected chi connectivity index (χ2v) is 5.86. The molecule has 2 aromatic carbocycles. The summed E-state index contributed by atoms with van der Waals surface area (Å²) in [7, 11) is 0. The van der Waals surface area contributed by atoms with E-state index in [1.807, 2.05) is 32.0 Å². The van der Waals surface area contributed by atoms with E-state index in [1.165, 1.54) is 12.1 Å². The Morgan fingerprint density at radius 2 is 2.00 bits per heavy atom. The van der Waals surface area contributed by atoms with Gasteiger partial charge in [0.2, 0.25) is 5.91 Å². The number of halogens is 1. The Bertz CT molecular complexity index is 944. The van der Waals surface area contributed by atoms with Crippen LogP contribution in [-0.2, 0) is 11.3 Å². The zero-order valence-corrected chi connectivity index (χ0v) is 13.5. The first-order chi connectivity index (χ1) is 11.5. The molecule has 24 heavy (non-hydrogen) atoms. The number of aromatic nitrogens is 1. The summed E-state index contributed by atoms with van der Waals surface area (Å²) in [6, 6.07) is 10.0. The Kier molecular flexibility index (Phi) is 4.16. The minimum Gasteiger partial charge on any atom is -0.337 e. The van der Waals surface area contributed by atoms with Gasteiger partial charge >= 0.3 is 0 Å². The molecule has 122 valence electrons. The van der Waals surface area contributed by atoms with Crippen LogP contribution in [0.4, 0.5) is 10.1 Å². The van der Waals surface area contributed by atoms with Crippen molar-refractivity contribution in [2.75, 3.05) is 5.32 Å². The Morgan fingerprint density at radius 1 is 1.21 bits per heavy atom. The van der Waals surface area contributed by atoms with Gasteiger partial charge in [-0.2, -0.15) is 0 Å². The quantitative estimate of drug-likeness (QED) is 0.741. The fourth-order valence-corrected chi connectivity index (χ4v) is 2.74. The smallest absolute Gasteiger partial charge is 0.244 e.